The Morgan fingerprint density at radius 1 is 1.40 bits per heavy atom. The molecule has 0 aromatic heterocycles. The zero-order valence-corrected chi connectivity index (χ0v) is 15.9. The first-order valence-electron chi connectivity index (χ1n) is 9.05. The van der Waals surface area contributed by atoms with E-state index >= 15 is 0 Å². The number of aliphatic imine (C=N–C) groups is 1. The molecule has 2 fully saturated rings. The maximum Gasteiger partial charge on any atom is 0.194 e. The third-order valence-corrected chi connectivity index (χ3v) is 5.44. The lowest BCUT2D eigenvalue weighted by Gasteiger charge is -2.25. The zero-order valence-electron chi connectivity index (χ0n) is 15.1. The molecule has 0 radical (unpaired) electrons. The van der Waals surface area contributed by atoms with Crippen molar-refractivity contribution in [1.29, 1.82) is 0 Å². The highest BCUT2D eigenvalue weighted by Gasteiger charge is 2.42. The van der Waals surface area contributed by atoms with Crippen molar-refractivity contribution in [2.75, 3.05) is 46.5 Å². The maximum atomic E-state index is 5.98. The Labute approximate surface area is 155 Å². The molecule has 3 rings (SSSR count). The fourth-order valence-corrected chi connectivity index (χ4v) is 3.80. The van der Waals surface area contributed by atoms with E-state index in [0.29, 0.717) is 12.0 Å². The van der Waals surface area contributed by atoms with Crippen molar-refractivity contribution in [1.82, 2.24) is 10.2 Å². The number of hydrogen-bond donors (Lipinski definition) is 1. The Bertz CT molecular complexity index is 585. The van der Waals surface area contributed by atoms with E-state index in [1.165, 1.54) is 6.42 Å². The molecule has 2 aliphatic rings. The lowest BCUT2D eigenvalue weighted by molar-refractivity contribution is 0.110. The van der Waals surface area contributed by atoms with E-state index in [0.717, 1.165) is 55.8 Å². The first-order chi connectivity index (χ1) is 12.2. The summed E-state index contributed by atoms with van der Waals surface area (Å²) < 4.78 is 11.3. The number of nitrogens with one attached hydrogen (secondary N) is 1. The lowest BCUT2D eigenvalue weighted by Crippen LogP contribution is -2.41. The second-order valence-corrected chi connectivity index (χ2v) is 7.38. The van der Waals surface area contributed by atoms with E-state index in [4.69, 9.17) is 26.1 Å². The molecular weight excluding hydrogens is 338 g/mol. The molecule has 2 unspecified atom stereocenters. The van der Waals surface area contributed by atoms with Gasteiger partial charge in [0.1, 0.15) is 6.10 Å². The summed E-state index contributed by atoms with van der Waals surface area (Å²) in [5.41, 5.74) is 1.42. The van der Waals surface area contributed by atoms with Gasteiger partial charge in [-0.25, -0.2) is 0 Å². The van der Waals surface area contributed by atoms with Crippen molar-refractivity contribution in [3.63, 3.8) is 0 Å². The molecule has 5 nitrogen and oxygen atoms in total. The van der Waals surface area contributed by atoms with E-state index in [9.17, 15) is 0 Å². The van der Waals surface area contributed by atoms with Gasteiger partial charge in [0.25, 0.3) is 0 Å². The smallest absolute Gasteiger partial charge is 0.194 e. The highest BCUT2D eigenvalue weighted by Crippen LogP contribution is 2.38. The van der Waals surface area contributed by atoms with Crippen LogP contribution in [0, 0.1) is 5.41 Å². The standard InChI is InChI=1S/C19H28ClN3O2/c1-3-21-18(23-10-8-19(13-23)9-11-25-14-19)22-12-17(24-2)15-4-6-16(20)7-5-15/h4-7,17H,3,8-14H2,1-2H3,(H,21,22). The summed E-state index contributed by atoms with van der Waals surface area (Å²) in [6, 6.07) is 7.78. The minimum atomic E-state index is -0.0719. The monoisotopic (exact) mass is 365 g/mol. The van der Waals surface area contributed by atoms with Crippen LogP contribution in [0.25, 0.3) is 0 Å². The summed E-state index contributed by atoms with van der Waals surface area (Å²) >= 11 is 5.98. The Kier molecular flexibility index (Phi) is 6.20. The zero-order chi connectivity index (χ0) is 17.7. The predicted octanol–water partition coefficient (Wildman–Crippen LogP) is 3.11. The van der Waals surface area contributed by atoms with Gasteiger partial charge in [0.2, 0.25) is 0 Å². The van der Waals surface area contributed by atoms with Crippen LogP contribution in [-0.2, 0) is 9.47 Å². The van der Waals surface area contributed by atoms with Crippen LogP contribution < -0.4 is 5.32 Å². The third kappa shape index (κ3) is 4.46. The molecule has 1 aromatic carbocycles. The van der Waals surface area contributed by atoms with Gasteiger partial charge in [0, 0.05) is 43.8 Å². The van der Waals surface area contributed by atoms with Crippen LogP contribution in [0.2, 0.25) is 5.02 Å². The van der Waals surface area contributed by atoms with Gasteiger partial charge in [-0.05, 0) is 37.5 Å². The number of likely N-dealkylation sites (tertiary alicyclic amines) is 1. The topological polar surface area (TPSA) is 46.1 Å². The lowest BCUT2D eigenvalue weighted by atomic mass is 9.87. The molecule has 0 amide bonds. The number of nitrogens with zero attached hydrogens (tertiary/aromatic N) is 2. The number of rotatable bonds is 5. The molecule has 1 spiro atoms. The van der Waals surface area contributed by atoms with E-state index in [2.05, 4.69) is 17.1 Å². The second-order valence-electron chi connectivity index (χ2n) is 6.94. The van der Waals surface area contributed by atoms with E-state index in [1.807, 2.05) is 24.3 Å². The molecule has 2 heterocycles. The van der Waals surface area contributed by atoms with E-state index in [-0.39, 0.29) is 6.10 Å². The highest BCUT2D eigenvalue weighted by molar-refractivity contribution is 6.30. The van der Waals surface area contributed by atoms with Gasteiger partial charge in [-0.1, -0.05) is 23.7 Å². The number of halogens is 1. The Morgan fingerprint density at radius 3 is 2.84 bits per heavy atom. The number of hydrogen-bond acceptors (Lipinski definition) is 3. The van der Waals surface area contributed by atoms with Gasteiger partial charge in [-0.3, -0.25) is 4.99 Å². The Hall–Kier alpha value is -1.30. The number of ether oxygens (including phenoxy) is 2. The predicted molar refractivity (Wildman–Crippen MR) is 101 cm³/mol. The van der Waals surface area contributed by atoms with Crippen molar-refractivity contribution >= 4 is 17.6 Å². The minimum Gasteiger partial charge on any atom is -0.381 e. The van der Waals surface area contributed by atoms with Crippen LogP contribution in [0.3, 0.4) is 0 Å². The number of guanidine groups is 1. The van der Waals surface area contributed by atoms with Crippen LogP contribution >= 0.6 is 11.6 Å². The molecule has 2 saturated heterocycles. The fourth-order valence-electron chi connectivity index (χ4n) is 3.68. The van der Waals surface area contributed by atoms with Crippen LogP contribution in [0.5, 0.6) is 0 Å². The van der Waals surface area contributed by atoms with Crippen LogP contribution in [0.15, 0.2) is 29.3 Å². The van der Waals surface area contributed by atoms with Crippen molar-refractivity contribution in [2.45, 2.75) is 25.9 Å². The van der Waals surface area contributed by atoms with Crippen molar-refractivity contribution in [3.05, 3.63) is 34.9 Å². The molecule has 1 aromatic rings. The summed E-state index contributed by atoms with van der Waals surface area (Å²) in [7, 11) is 1.72. The van der Waals surface area contributed by atoms with Gasteiger partial charge in [-0.15, -0.1) is 0 Å². The second kappa shape index (κ2) is 8.39. The van der Waals surface area contributed by atoms with Gasteiger partial charge in [0.15, 0.2) is 5.96 Å². The summed E-state index contributed by atoms with van der Waals surface area (Å²) in [4.78, 5) is 7.22. The van der Waals surface area contributed by atoms with Crippen LogP contribution in [-0.4, -0.2) is 57.4 Å². The van der Waals surface area contributed by atoms with Gasteiger partial charge in [-0.2, -0.15) is 0 Å². The SMILES string of the molecule is CCNC(=NCC(OC)c1ccc(Cl)cc1)N1CCC2(CCOC2)C1. The normalized spacial score (nSPS) is 24.9. The molecule has 138 valence electrons. The first kappa shape index (κ1) is 18.5. The maximum absolute atomic E-state index is 5.98. The van der Waals surface area contributed by atoms with Crippen LogP contribution in [0.1, 0.15) is 31.4 Å². The largest absolute Gasteiger partial charge is 0.381 e. The highest BCUT2D eigenvalue weighted by atomic mass is 35.5. The van der Waals surface area contributed by atoms with Crippen molar-refractivity contribution < 1.29 is 9.47 Å². The van der Waals surface area contributed by atoms with E-state index < -0.39 is 0 Å². The average Bonchev–Trinajstić information content (AvgIpc) is 3.26. The first-order valence-corrected chi connectivity index (χ1v) is 9.43. The van der Waals surface area contributed by atoms with Gasteiger partial charge >= 0.3 is 0 Å². The molecule has 0 saturated carbocycles. The molecule has 0 aliphatic carbocycles. The molecule has 0 bridgehead atoms. The molecule has 1 N–H and O–H groups in total. The van der Waals surface area contributed by atoms with Gasteiger partial charge in [0.05, 0.1) is 13.2 Å². The minimum absolute atomic E-state index is 0.0719. The summed E-state index contributed by atoms with van der Waals surface area (Å²) in [6.45, 7) is 7.38. The van der Waals surface area contributed by atoms with Gasteiger partial charge < -0.3 is 19.7 Å². The molecule has 25 heavy (non-hydrogen) atoms. The Balaban J connectivity index is 1.68. The summed E-state index contributed by atoms with van der Waals surface area (Å²) in [6.07, 6.45) is 2.27. The van der Waals surface area contributed by atoms with Crippen molar-refractivity contribution in [3.8, 4) is 0 Å². The third-order valence-electron chi connectivity index (χ3n) is 5.19. The quantitative estimate of drug-likeness (QED) is 0.643. The molecule has 2 aliphatic heterocycles. The fraction of sp³-hybridized carbons (Fsp3) is 0.632. The summed E-state index contributed by atoms with van der Waals surface area (Å²) in [5.74, 6) is 0.974. The average molecular weight is 366 g/mol. The molecule has 6 heteroatoms. The molecular formula is C19H28ClN3O2. The van der Waals surface area contributed by atoms with Crippen molar-refractivity contribution in [2.24, 2.45) is 10.4 Å². The van der Waals surface area contributed by atoms with E-state index in [1.54, 1.807) is 7.11 Å². The number of methoxy groups -OCH3 is 1. The number of benzene rings is 1. The molecule has 2 atom stereocenters. The Morgan fingerprint density at radius 2 is 2.20 bits per heavy atom. The van der Waals surface area contributed by atoms with Crippen LogP contribution in [0.4, 0.5) is 0 Å². The summed E-state index contributed by atoms with van der Waals surface area (Å²) in [5, 5.41) is 4.16.